The molecule has 108 valence electrons. The van der Waals surface area contributed by atoms with Gasteiger partial charge in [-0.25, -0.2) is 0 Å². The quantitative estimate of drug-likeness (QED) is 0.793. The van der Waals surface area contributed by atoms with Gasteiger partial charge in [0.1, 0.15) is 5.76 Å². The number of likely N-dealkylation sites (N-methyl/N-ethyl adjacent to an activating group) is 1. The maximum Gasteiger partial charge on any atom is 0.183 e. The van der Waals surface area contributed by atoms with Crippen molar-refractivity contribution >= 4 is 37.5 Å². The van der Waals surface area contributed by atoms with Crippen molar-refractivity contribution in [3.05, 3.63) is 50.8 Å². The highest BCUT2D eigenvalue weighted by Gasteiger charge is 2.22. The van der Waals surface area contributed by atoms with Crippen molar-refractivity contribution in [1.29, 1.82) is 0 Å². The Balaban J connectivity index is 2.34. The molecule has 2 rings (SSSR count). The molecule has 0 aliphatic heterocycles. The Kier molecular flexibility index (Phi) is 5.29. The van der Waals surface area contributed by atoms with Crippen molar-refractivity contribution in [2.24, 2.45) is 5.73 Å². The zero-order valence-corrected chi connectivity index (χ0v) is 14.7. The van der Waals surface area contributed by atoms with Gasteiger partial charge in [-0.3, -0.25) is 0 Å². The molecule has 3 nitrogen and oxygen atoms in total. The van der Waals surface area contributed by atoms with Crippen molar-refractivity contribution < 1.29 is 4.42 Å². The molecule has 1 aromatic heterocycles. The van der Waals surface area contributed by atoms with Gasteiger partial charge in [-0.2, -0.15) is 0 Å². The lowest BCUT2D eigenvalue weighted by atomic mass is 10.1. The maximum absolute atomic E-state index is 5.98. The van der Waals surface area contributed by atoms with Crippen LogP contribution in [0.1, 0.15) is 24.3 Å². The van der Waals surface area contributed by atoms with Crippen molar-refractivity contribution in [2.75, 3.05) is 18.0 Å². The smallest absolute Gasteiger partial charge is 0.183 e. The molecule has 0 saturated heterocycles. The third-order valence-corrected chi connectivity index (χ3v) is 5.01. The van der Waals surface area contributed by atoms with Crippen LogP contribution in [0.4, 0.5) is 5.69 Å². The molecule has 1 atom stereocenters. The highest BCUT2D eigenvalue weighted by atomic mass is 79.9. The first-order valence-electron chi connectivity index (χ1n) is 6.55. The number of furan rings is 1. The zero-order chi connectivity index (χ0) is 14.7. The molecule has 0 saturated carbocycles. The van der Waals surface area contributed by atoms with Crippen molar-refractivity contribution in [3.63, 3.8) is 0 Å². The first-order chi connectivity index (χ1) is 9.56. The number of hydrogen-bond acceptors (Lipinski definition) is 3. The second-order valence-electron chi connectivity index (χ2n) is 4.64. The summed E-state index contributed by atoms with van der Waals surface area (Å²) in [6, 6.07) is 10.4. The number of nitrogens with zero attached hydrogens (tertiary/aromatic N) is 1. The topological polar surface area (TPSA) is 42.4 Å². The summed E-state index contributed by atoms with van der Waals surface area (Å²) in [7, 11) is 0. The molecule has 0 amide bonds. The number of anilines is 1. The Labute approximate surface area is 136 Å². The van der Waals surface area contributed by atoms with Crippen LogP contribution < -0.4 is 10.6 Å². The Morgan fingerprint density at radius 3 is 2.35 bits per heavy atom. The van der Waals surface area contributed by atoms with Crippen LogP contribution in [0.5, 0.6) is 0 Å². The van der Waals surface area contributed by atoms with Crippen LogP contribution in [0.15, 0.2) is 43.9 Å². The maximum atomic E-state index is 5.98. The predicted octanol–water partition coefficient (Wildman–Crippen LogP) is 4.64. The van der Waals surface area contributed by atoms with Crippen LogP contribution in [0.2, 0.25) is 0 Å². The molecule has 0 radical (unpaired) electrons. The van der Waals surface area contributed by atoms with Crippen LogP contribution in [0.3, 0.4) is 0 Å². The molecule has 20 heavy (non-hydrogen) atoms. The van der Waals surface area contributed by atoms with Crippen LogP contribution >= 0.6 is 31.9 Å². The zero-order valence-electron chi connectivity index (χ0n) is 11.6. The first-order valence-corrected chi connectivity index (χ1v) is 8.13. The summed E-state index contributed by atoms with van der Waals surface area (Å²) in [5.41, 5.74) is 8.37. The minimum atomic E-state index is 0.0188. The number of benzene rings is 1. The summed E-state index contributed by atoms with van der Waals surface area (Å²) in [4.78, 5) is 2.25. The first kappa shape index (κ1) is 15.6. The standard InChI is InChI=1S/C15H18Br2N2O/c1-3-19(11-6-4-10(2)5-7-11)13(9-18)14-8-12(16)15(17)20-14/h4-8,13H,3,9,18H2,1-2H3. The second-order valence-corrected chi connectivity index (χ2v) is 6.22. The fraction of sp³-hybridized carbons (Fsp3) is 0.333. The Hall–Kier alpha value is -0.780. The Bertz CT molecular complexity index is 546. The molecule has 1 aromatic carbocycles. The van der Waals surface area contributed by atoms with Gasteiger partial charge in [0.05, 0.1) is 10.5 Å². The van der Waals surface area contributed by atoms with E-state index < -0.39 is 0 Å². The lowest BCUT2D eigenvalue weighted by Crippen LogP contribution is -2.33. The number of hydrogen-bond donors (Lipinski definition) is 1. The molecule has 0 bridgehead atoms. The van der Waals surface area contributed by atoms with Crippen molar-refractivity contribution in [3.8, 4) is 0 Å². The minimum absolute atomic E-state index is 0.0188. The molecular weight excluding hydrogens is 384 g/mol. The second kappa shape index (κ2) is 6.78. The van der Waals surface area contributed by atoms with Gasteiger partial charge >= 0.3 is 0 Å². The van der Waals surface area contributed by atoms with Gasteiger partial charge in [-0.15, -0.1) is 0 Å². The van der Waals surface area contributed by atoms with E-state index in [1.807, 2.05) is 6.07 Å². The number of rotatable bonds is 5. The van der Waals surface area contributed by atoms with Crippen LogP contribution in [-0.2, 0) is 0 Å². The summed E-state index contributed by atoms with van der Waals surface area (Å²) < 4.78 is 7.35. The van der Waals surface area contributed by atoms with E-state index in [-0.39, 0.29) is 6.04 Å². The van der Waals surface area contributed by atoms with E-state index in [4.69, 9.17) is 10.2 Å². The number of nitrogens with two attached hydrogens (primary N) is 1. The third kappa shape index (κ3) is 3.27. The lowest BCUT2D eigenvalue weighted by molar-refractivity contribution is 0.437. The summed E-state index contributed by atoms with van der Waals surface area (Å²) in [6.45, 7) is 5.56. The average Bonchev–Trinajstić information content (AvgIpc) is 2.77. The lowest BCUT2D eigenvalue weighted by Gasteiger charge is -2.30. The van der Waals surface area contributed by atoms with E-state index in [0.29, 0.717) is 11.2 Å². The highest BCUT2D eigenvalue weighted by molar-refractivity contribution is 9.13. The summed E-state index contributed by atoms with van der Waals surface area (Å²) in [5, 5.41) is 0. The molecule has 1 unspecified atom stereocenters. The van der Waals surface area contributed by atoms with Crippen molar-refractivity contribution in [1.82, 2.24) is 0 Å². The van der Waals surface area contributed by atoms with Gasteiger partial charge in [0.15, 0.2) is 4.67 Å². The summed E-state index contributed by atoms with van der Waals surface area (Å²) in [6.07, 6.45) is 0. The molecule has 1 heterocycles. The molecule has 0 aliphatic rings. The molecule has 5 heteroatoms. The predicted molar refractivity (Wildman–Crippen MR) is 90.1 cm³/mol. The van der Waals surface area contributed by atoms with Gasteiger partial charge in [0, 0.05) is 18.8 Å². The van der Waals surface area contributed by atoms with Gasteiger partial charge in [0.25, 0.3) is 0 Å². The number of aryl methyl sites for hydroxylation is 1. The number of halogens is 2. The van der Waals surface area contributed by atoms with Gasteiger partial charge in [0.2, 0.25) is 0 Å². The van der Waals surface area contributed by atoms with E-state index >= 15 is 0 Å². The molecule has 0 spiro atoms. The van der Waals surface area contributed by atoms with Crippen LogP contribution in [0.25, 0.3) is 0 Å². The molecule has 2 N–H and O–H groups in total. The SMILES string of the molecule is CCN(c1ccc(C)cc1)C(CN)c1cc(Br)c(Br)o1. The monoisotopic (exact) mass is 400 g/mol. The highest BCUT2D eigenvalue weighted by Crippen LogP contribution is 2.33. The minimum Gasteiger partial charge on any atom is -0.451 e. The van der Waals surface area contributed by atoms with Gasteiger partial charge < -0.3 is 15.1 Å². The van der Waals surface area contributed by atoms with Gasteiger partial charge in [-0.05, 0) is 63.9 Å². The van der Waals surface area contributed by atoms with E-state index in [1.165, 1.54) is 5.56 Å². The van der Waals surface area contributed by atoms with E-state index in [9.17, 15) is 0 Å². The van der Waals surface area contributed by atoms with E-state index in [0.717, 1.165) is 22.5 Å². The van der Waals surface area contributed by atoms with Crippen LogP contribution in [-0.4, -0.2) is 13.1 Å². The molecule has 0 aliphatic carbocycles. The Morgan fingerprint density at radius 1 is 1.25 bits per heavy atom. The fourth-order valence-corrected chi connectivity index (χ4v) is 2.85. The normalized spacial score (nSPS) is 12.4. The summed E-state index contributed by atoms with van der Waals surface area (Å²) >= 11 is 6.83. The summed E-state index contributed by atoms with van der Waals surface area (Å²) in [5.74, 6) is 0.855. The molecule has 2 aromatic rings. The van der Waals surface area contributed by atoms with E-state index in [2.05, 4.69) is 74.9 Å². The van der Waals surface area contributed by atoms with E-state index in [1.54, 1.807) is 0 Å². The third-order valence-electron chi connectivity index (χ3n) is 3.30. The largest absolute Gasteiger partial charge is 0.451 e. The van der Waals surface area contributed by atoms with Crippen LogP contribution in [0, 0.1) is 6.92 Å². The van der Waals surface area contributed by atoms with Crippen molar-refractivity contribution in [2.45, 2.75) is 19.9 Å². The molecular formula is C15H18Br2N2O. The fourth-order valence-electron chi connectivity index (χ4n) is 2.24. The average molecular weight is 402 g/mol. The Morgan fingerprint density at radius 2 is 1.90 bits per heavy atom. The van der Waals surface area contributed by atoms with Gasteiger partial charge in [-0.1, -0.05) is 17.7 Å². The molecule has 0 fully saturated rings.